The molecule has 1 aliphatic rings. The number of rotatable bonds is 4. The number of nitrogens with zero attached hydrogens (tertiary/aromatic N) is 1. The van der Waals surface area contributed by atoms with Crippen LogP contribution in [0.15, 0.2) is 60.7 Å². The maximum atomic E-state index is 2.43. The van der Waals surface area contributed by atoms with E-state index in [0.717, 1.165) is 0 Å². The van der Waals surface area contributed by atoms with E-state index in [-0.39, 0.29) is 17.9 Å². The van der Waals surface area contributed by atoms with Crippen LogP contribution < -0.4 is 0 Å². The van der Waals surface area contributed by atoms with Gasteiger partial charge in [-0.25, -0.2) is 0 Å². The van der Waals surface area contributed by atoms with Crippen LogP contribution >= 0.6 is 12.4 Å². The maximum Gasteiger partial charge on any atom is 0.0455 e. The molecule has 0 N–H and O–H groups in total. The number of aryl methyl sites for hydroxylation is 1. The summed E-state index contributed by atoms with van der Waals surface area (Å²) in [5.74, 6) is 0.697. The Labute approximate surface area is 159 Å². The van der Waals surface area contributed by atoms with E-state index in [1.807, 2.05) is 0 Å². The Hall–Kier alpha value is -1.57. The topological polar surface area (TPSA) is 3.24 Å². The van der Waals surface area contributed by atoms with Crippen molar-refractivity contribution >= 4 is 18.5 Å². The number of allylic oxidation sites excluding steroid dienone is 1. The van der Waals surface area contributed by atoms with Crippen LogP contribution in [-0.4, -0.2) is 19.0 Å². The van der Waals surface area contributed by atoms with Crippen molar-refractivity contribution in [3.8, 4) is 0 Å². The van der Waals surface area contributed by atoms with Gasteiger partial charge in [-0.2, -0.15) is 0 Å². The molecule has 3 rings (SSSR count). The standard InChI is InChI=1S/C23H29N.ClH/c1-19-9-11-20(12-10-19)13-14-21-15-17-23(18-16-21,24(2)3)22-7-5-4-6-8-22;/h4-14,21H,15-18H2,1-3H3;1H/b14-13+;. The number of hydrogen-bond acceptors (Lipinski definition) is 1. The number of halogens is 1. The molecule has 1 saturated carbocycles. The van der Waals surface area contributed by atoms with E-state index < -0.39 is 0 Å². The lowest BCUT2D eigenvalue weighted by molar-refractivity contribution is 0.0863. The van der Waals surface area contributed by atoms with E-state index in [1.165, 1.54) is 42.4 Å². The molecule has 2 aromatic rings. The molecule has 0 aliphatic heterocycles. The van der Waals surface area contributed by atoms with Gasteiger partial charge in [-0.05, 0) is 63.7 Å². The summed E-state index contributed by atoms with van der Waals surface area (Å²) in [6.07, 6.45) is 9.70. The molecule has 134 valence electrons. The molecule has 0 amide bonds. The summed E-state index contributed by atoms with van der Waals surface area (Å²) < 4.78 is 0. The minimum Gasteiger partial charge on any atom is -0.300 e. The molecule has 2 aromatic carbocycles. The molecular weight excluding hydrogens is 326 g/mol. The van der Waals surface area contributed by atoms with Crippen molar-refractivity contribution in [1.29, 1.82) is 0 Å². The summed E-state index contributed by atoms with van der Waals surface area (Å²) in [5.41, 5.74) is 4.31. The second-order valence-electron chi connectivity index (χ2n) is 7.40. The van der Waals surface area contributed by atoms with Crippen LogP contribution in [0.2, 0.25) is 0 Å². The van der Waals surface area contributed by atoms with Gasteiger partial charge in [0.15, 0.2) is 0 Å². The first-order valence-corrected chi connectivity index (χ1v) is 9.08. The van der Waals surface area contributed by atoms with Crippen LogP contribution in [0.3, 0.4) is 0 Å². The molecule has 1 fully saturated rings. The van der Waals surface area contributed by atoms with Crippen molar-refractivity contribution in [1.82, 2.24) is 4.90 Å². The molecule has 0 bridgehead atoms. The molecule has 0 unspecified atom stereocenters. The zero-order valence-corrected chi connectivity index (χ0v) is 16.4. The Balaban J connectivity index is 0.00000225. The van der Waals surface area contributed by atoms with E-state index in [4.69, 9.17) is 0 Å². The van der Waals surface area contributed by atoms with Crippen molar-refractivity contribution in [2.45, 2.75) is 38.1 Å². The molecule has 0 aromatic heterocycles. The first-order valence-electron chi connectivity index (χ1n) is 9.08. The third-order valence-corrected chi connectivity index (χ3v) is 5.66. The highest BCUT2D eigenvalue weighted by atomic mass is 35.5. The van der Waals surface area contributed by atoms with Crippen LogP contribution in [0.25, 0.3) is 6.08 Å². The maximum absolute atomic E-state index is 2.43. The van der Waals surface area contributed by atoms with Crippen molar-refractivity contribution in [2.75, 3.05) is 14.1 Å². The average Bonchev–Trinajstić information content (AvgIpc) is 2.62. The zero-order chi connectivity index (χ0) is 17.0. The minimum absolute atomic E-state index is 0. The monoisotopic (exact) mass is 355 g/mol. The molecule has 2 heteroatoms. The predicted molar refractivity (Wildman–Crippen MR) is 111 cm³/mol. The smallest absolute Gasteiger partial charge is 0.0455 e. The van der Waals surface area contributed by atoms with Gasteiger partial charge in [0.25, 0.3) is 0 Å². The SMILES string of the molecule is Cc1ccc(/C=C/C2CCC(c3ccccc3)(N(C)C)CC2)cc1.Cl. The third kappa shape index (κ3) is 4.54. The fourth-order valence-corrected chi connectivity index (χ4v) is 3.98. The van der Waals surface area contributed by atoms with Gasteiger partial charge in [0.2, 0.25) is 0 Å². The summed E-state index contributed by atoms with van der Waals surface area (Å²) in [5, 5.41) is 0. The highest BCUT2D eigenvalue weighted by Crippen LogP contribution is 2.43. The predicted octanol–water partition coefficient (Wildman–Crippen LogP) is 6.08. The normalized spacial score (nSPS) is 23.6. The van der Waals surface area contributed by atoms with Crippen molar-refractivity contribution < 1.29 is 0 Å². The van der Waals surface area contributed by atoms with E-state index in [1.54, 1.807) is 0 Å². The van der Waals surface area contributed by atoms with Crippen LogP contribution in [0, 0.1) is 12.8 Å². The Bertz CT molecular complexity index is 665. The lowest BCUT2D eigenvalue weighted by Crippen LogP contribution is -2.44. The largest absolute Gasteiger partial charge is 0.300 e. The summed E-state index contributed by atoms with van der Waals surface area (Å²) >= 11 is 0. The van der Waals surface area contributed by atoms with Crippen molar-refractivity contribution in [2.24, 2.45) is 5.92 Å². The first-order chi connectivity index (χ1) is 11.6. The Kier molecular flexibility index (Phi) is 6.87. The van der Waals surface area contributed by atoms with Crippen LogP contribution in [-0.2, 0) is 5.54 Å². The lowest BCUT2D eigenvalue weighted by Gasteiger charge is -2.45. The Morgan fingerprint density at radius 1 is 0.920 bits per heavy atom. The lowest BCUT2D eigenvalue weighted by atomic mass is 9.72. The van der Waals surface area contributed by atoms with E-state index in [2.05, 4.69) is 92.7 Å². The Morgan fingerprint density at radius 2 is 1.52 bits per heavy atom. The summed E-state index contributed by atoms with van der Waals surface area (Å²) in [4.78, 5) is 2.43. The average molecular weight is 356 g/mol. The van der Waals surface area contributed by atoms with E-state index in [9.17, 15) is 0 Å². The third-order valence-electron chi connectivity index (χ3n) is 5.66. The summed E-state index contributed by atoms with van der Waals surface area (Å²) in [6, 6.07) is 19.8. The summed E-state index contributed by atoms with van der Waals surface area (Å²) in [6.45, 7) is 2.14. The molecule has 0 spiro atoms. The molecular formula is C23H30ClN. The summed E-state index contributed by atoms with van der Waals surface area (Å²) in [7, 11) is 4.46. The highest BCUT2D eigenvalue weighted by molar-refractivity contribution is 5.85. The Morgan fingerprint density at radius 3 is 2.08 bits per heavy atom. The molecule has 0 saturated heterocycles. The zero-order valence-electron chi connectivity index (χ0n) is 15.6. The van der Waals surface area contributed by atoms with Gasteiger partial charge in [-0.1, -0.05) is 72.3 Å². The van der Waals surface area contributed by atoms with Crippen LogP contribution in [0.5, 0.6) is 0 Å². The van der Waals surface area contributed by atoms with Gasteiger partial charge in [0.05, 0.1) is 0 Å². The van der Waals surface area contributed by atoms with Gasteiger partial charge in [-0.15, -0.1) is 12.4 Å². The molecule has 1 nitrogen and oxygen atoms in total. The molecule has 0 heterocycles. The van der Waals surface area contributed by atoms with Crippen molar-refractivity contribution in [3.63, 3.8) is 0 Å². The van der Waals surface area contributed by atoms with Crippen molar-refractivity contribution in [3.05, 3.63) is 77.4 Å². The quantitative estimate of drug-likeness (QED) is 0.642. The molecule has 25 heavy (non-hydrogen) atoms. The van der Waals surface area contributed by atoms with Gasteiger partial charge < -0.3 is 0 Å². The number of benzene rings is 2. The van der Waals surface area contributed by atoms with Gasteiger partial charge in [-0.3, -0.25) is 4.90 Å². The number of hydrogen-bond donors (Lipinski definition) is 0. The van der Waals surface area contributed by atoms with Crippen LogP contribution in [0.4, 0.5) is 0 Å². The molecule has 1 aliphatic carbocycles. The highest BCUT2D eigenvalue weighted by Gasteiger charge is 2.37. The molecule has 0 radical (unpaired) electrons. The molecule has 0 atom stereocenters. The first kappa shape index (κ1) is 19.8. The fourth-order valence-electron chi connectivity index (χ4n) is 3.98. The van der Waals surface area contributed by atoms with Gasteiger partial charge in [0, 0.05) is 5.54 Å². The van der Waals surface area contributed by atoms with Crippen LogP contribution in [0.1, 0.15) is 42.4 Å². The second-order valence-corrected chi connectivity index (χ2v) is 7.40. The van der Waals surface area contributed by atoms with Gasteiger partial charge >= 0.3 is 0 Å². The van der Waals surface area contributed by atoms with E-state index >= 15 is 0 Å². The minimum atomic E-state index is 0. The van der Waals surface area contributed by atoms with Gasteiger partial charge in [0.1, 0.15) is 0 Å². The second kappa shape index (κ2) is 8.69. The van der Waals surface area contributed by atoms with E-state index in [0.29, 0.717) is 5.92 Å². The fraction of sp³-hybridized carbons (Fsp3) is 0.391.